The van der Waals surface area contributed by atoms with Crippen LogP contribution in [0.25, 0.3) is 5.69 Å². The fourth-order valence-electron chi connectivity index (χ4n) is 1.93. The number of nitrogens with two attached hydrogens (primary N) is 1. The molecule has 0 saturated heterocycles. The van der Waals surface area contributed by atoms with Crippen molar-refractivity contribution >= 4 is 0 Å². The van der Waals surface area contributed by atoms with Crippen molar-refractivity contribution in [2.75, 3.05) is 13.7 Å². The number of hydrogen-bond acceptors (Lipinski definition) is 5. The highest BCUT2D eigenvalue weighted by Crippen LogP contribution is 2.24. The number of aromatic nitrogens is 4. The lowest BCUT2D eigenvalue weighted by molar-refractivity contribution is 0.410. The van der Waals surface area contributed by atoms with E-state index in [0.29, 0.717) is 6.54 Å². The van der Waals surface area contributed by atoms with Crippen LogP contribution in [-0.2, 0) is 12.8 Å². The molecule has 0 radical (unpaired) electrons. The summed E-state index contributed by atoms with van der Waals surface area (Å²) in [5, 5.41) is 11.9. The second kappa shape index (κ2) is 6.29. The molecule has 1 aromatic carbocycles. The van der Waals surface area contributed by atoms with Crippen LogP contribution < -0.4 is 10.5 Å². The van der Waals surface area contributed by atoms with Gasteiger partial charge in [0.05, 0.1) is 7.11 Å². The largest absolute Gasteiger partial charge is 0.494 e. The first-order valence-corrected chi connectivity index (χ1v) is 6.44. The van der Waals surface area contributed by atoms with Crippen LogP contribution in [0.3, 0.4) is 0 Å². The standard InChI is InChI=1S/C13H19N5O/c1-3-10-6-7-12(19-2)11(9-10)18-13(5-4-8-14)15-16-17-18/h6-7,9H,3-5,8,14H2,1-2H3. The zero-order chi connectivity index (χ0) is 13.7. The van der Waals surface area contributed by atoms with Crippen LogP contribution in [0.4, 0.5) is 0 Å². The smallest absolute Gasteiger partial charge is 0.156 e. The Morgan fingerprint density at radius 2 is 2.21 bits per heavy atom. The predicted octanol–water partition coefficient (Wildman–Crippen LogP) is 1.12. The summed E-state index contributed by atoms with van der Waals surface area (Å²) >= 11 is 0. The van der Waals surface area contributed by atoms with Gasteiger partial charge in [-0.15, -0.1) is 5.10 Å². The van der Waals surface area contributed by atoms with Crippen molar-refractivity contribution in [3.05, 3.63) is 29.6 Å². The Kier molecular flexibility index (Phi) is 4.46. The predicted molar refractivity (Wildman–Crippen MR) is 72.5 cm³/mol. The third-order valence-corrected chi connectivity index (χ3v) is 3.02. The molecule has 0 spiro atoms. The number of aryl methyl sites for hydroxylation is 2. The number of benzene rings is 1. The van der Waals surface area contributed by atoms with E-state index in [9.17, 15) is 0 Å². The zero-order valence-corrected chi connectivity index (χ0v) is 11.3. The SMILES string of the molecule is CCc1ccc(OC)c(-n2nnnc2CCCN)c1. The van der Waals surface area contributed by atoms with Crippen LogP contribution in [0.5, 0.6) is 5.75 Å². The second-order valence-corrected chi connectivity index (χ2v) is 4.26. The summed E-state index contributed by atoms with van der Waals surface area (Å²) in [6.45, 7) is 2.74. The fourth-order valence-corrected chi connectivity index (χ4v) is 1.93. The van der Waals surface area contributed by atoms with Crippen LogP contribution in [0.2, 0.25) is 0 Å². The van der Waals surface area contributed by atoms with E-state index in [1.165, 1.54) is 5.56 Å². The minimum absolute atomic E-state index is 0.624. The van der Waals surface area contributed by atoms with E-state index in [1.807, 2.05) is 12.1 Å². The van der Waals surface area contributed by atoms with Gasteiger partial charge in [-0.3, -0.25) is 0 Å². The van der Waals surface area contributed by atoms with Crippen molar-refractivity contribution in [2.45, 2.75) is 26.2 Å². The molecule has 0 bridgehead atoms. The van der Waals surface area contributed by atoms with Crippen molar-refractivity contribution in [1.82, 2.24) is 20.2 Å². The molecule has 2 N–H and O–H groups in total. The maximum atomic E-state index is 5.53. The maximum Gasteiger partial charge on any atom is 0.156 e. The molecule has 1 heterocycles. The summed E-state index contributed by atoms with van der Waals surface area (Å²) < 4.78 is 7.12. The second-order valence-electron chi connectivity index (χ2n) is 4.26. The van der Waals surface area contributed by atoms with E-state index in [-0.39, 0.29) is 0 Å². The van der Waals surface area contributed by atoms with E-state index in [2.05, 4.69) is 28.5 Å². The molecule has 0 unspecified atom stereocenters. The van der Waals surface area contributed by atoms with Crippen molar-refractivity contribution in [3.8, 4) is 11.4 Å². The van der Waals surface area contributed by atoms with Gasteiger partial charge in [-0.05, 0) is 47.5 Å². The Bertz CT molecular complexity index is 538. The molecule has 0 aliphatic heterocycles. The zero-order valence-electron chi connectivity index (χ0n) is 11.3. The molecule has 0 amide bonds. The third kappa shape index (κ3) is 2.90. The molecule has 0 aliphatic carbocycles. The molecule has 0 fully saturated rings. The highest BCUT2D eigenvalue weighted by atomic mass is 16.5. The maximum absolute atomic E-state index is 5.53. The molecule has 0 atom stereocenters. The Morgan fingerprint density at radius 1 is 1.37 bits per heavy atom. The highest BCUT2D eigenvalue weighted by molar-refractivity contribution is 5.48. The van der Waals surface area contributed by atoms with Gasteiger partial charge in [0, 0.05) is 6.42 Å². The number of nitrogens with zero attached hydrogens (tertiary/aromatic N) is 4. The Morgan fingerprint density at radius 3 is 2.89 bits per heavy atom. The molecule has 0 saturated carbocycles. The van der Waals surface area contributed by atoms with Crippen LogP contribution in [0.1, 0.15) is 24.7 Å². The first kappa shape index (κ1) is 13.5. The lowest BCUT2D eigenvalue weighted by atomic mass is 10.1. The molecule has 19 heavy (non-hydrogen) atoms. The van der Waals surface area contributed by atoms with Gasteiger partial charge < -0.3 is 10.5 Å². The number of rotatable bonds is 6. The van der Waals surface area contributed by atoms with Crippen LogP contribution in [0.15, 0.2) is 18.2 Å². The van der Waals surface area contributed by atoms with Crippen molar-refractivity contribution < 1.29 is 4.74 Å². The lowest BCUT2D eigenvalue weighted by Crippen LogP contribution is -2.08. The molecule has 1 aromatic heterocycles. The quantitative estimate of drug-likeness (QED) is 0.843. The Balaban J connectivity index is 2.42. The Hall–Kier alpha value is -1.95. The van der Waals surface area contributed by atoms with E-state index >= 15 is 0 Å². The normalized spacial score (nSPS) is 10.7. The van der Waals surface area contributed by atoms with Gasteiger partial charge in [0.1, 0.15) is 11.4 Å². The van der Waals surface area contributed by atoms with Gasteiger partial charge in [0.15, 0.2) is 5.82 Å². The summed E-state index contributed by atoms with van der Waals surface area (Å²) in [6, 6.07) is 6.05. The summed E-state index contributed by atoms with van der Waals surface area (Å²) in [4.78, 5) is 0. The lowest BCUT2D eigenvalue weighted by Gasteiger charge is -2.11. The number of ether oxygens (including phenoxy) is 1. The topological polar surface area (TPSA) is 78.8 Å². The van der Waals surface area contributed by atoms with Gasteiger partial charge in [0.25, 0.3) is 0 Å². The van der Waals surface area contributed by atoms with Crippen LogP contribution in [0, 0.1) is 0 Å². The molecular formula is C13H19N5O. The molecule has 6 heteroatoms. The van der Waals surface area contributed by atoms with Crippen molar-refractivity contribution in [3.63, 3.8) is 0 Å². The molecule has 102 valence electrons. The van der Waals surface area contributed by atoms with E-state index < -0.39 is 0 Å². The van der Waals surface area contributed by atoms with Crippen LogP contribution >= 0.6 is 0 Å². The summed E-state index contributed by atoms with van der Waals surface area (Å²) in [7, 11) is 1.65. The molecule has 0 aliphatic rings. The van der Waals surface area contributed by atoms with Crippen LogP contribution in [-0.4, -0.2) is 33.9 Å². The monoisotopic (exact) mass is 261 g/mol. The third-order valence-electron chi connectivity index (χ3n) is 3.02. The first-order chi connectivity index (χ1) is 9.30. The summed E-state index contributed by atoms with van der Waals surface area (Å²) in [6.07, 6.45) is 2.57. The average molecular weight is 261 g/mol. The van der Waals surface area contributed by atoms with Gasteiger partial charge in [-0.1, -0.05) is 13.0 Å². The molecule has 2 rings (SSSR count). The highest BCUT2D eigenvalue weighted by Gasteiger charge is 2.13. The van der Waals surface area contributed by atoms with Crippen molar-refractivity contribution in [2.24, 2.45) is 5.73 Å². The minimum Gasteiger partial charge on any atom is -0.494 e. The van der Waals surface area contributed by atoms with Crippen molar-refractivity contribution in [1.29, 1.82) is 0 Å². The number of hydrogen-bond donors (Lipinski definition) is 1. The molecular weight excluding hydrogens is 242 g/mol. The van der Waals surface area contributed by atoms with Gasteiger partial charge >= 0.3 is 0 Å². The molecule has 2 aromatic rings. The molecule has 6 nitrogen and oxygen atoms in total. The average Bonchev–Trinajstić information content (AvgIpc) is 2.92. The number of methoxy groups -OCH3 is 1. The van der Waals surface area contributed by atoms with E-state index in [4.69, 9.17) is 10.5 Å². The fraction of sp³-hybridized carbons (Fsp3) is 0.462. The van der Waals surface area contributed by atoms with Gasteiger partial charge in [-0.2, -0.15) is 4.68 Å². The first-order valence-electron chi connectivity index (χ1n) is 6.44. The summed E-state index contributed by atoms with van der Waals surface area (Å²) in [5.41, 5.74) is 7.63. The summed E-state index contributed by atoms with van der Waals surface area (Å²) in [5.74, 6) is 1.57. The minimum atomic E-state index is 0.624. The Labute approximate surface area is 112 Å². The number of tetrazole rings is 1. The van der Waals surface area contributed by atoms with Gasteiger partial charge in [0.2, 0.25) is 0 Å². The van der Waals surface area contributed by atoms with E-state index in [0.717, 1.165) is 36.5 Å². The van der Waals surface area contributed by atoms with Gasteiger partial charge in [-0.25, -0.2) is 0 Å². The van der Waals surface area contributed by atoms with E-state index in [1.54, 1.807) is 11.8 Å².